The lowest BCUT2D eigenvalue weighted by atomic mass is 9.92. The highest BCUT2D eigenvalue weighted by Crippen LogP contribution is 2.34. The average molecular weight is 231 g/mol. The maximum atomic E-state index is 9.32. The van der Waals surface area contributed by atoms with E-state index in [0.717, 1.165) is 13.1 Å². The fourth-order valence-corrected chi connectivity index (χ4v) is 2.38. The fourth-order valence-electron chi connectivity index (χ4n) is 2.38. The molecule has 0 aromatic heterocycles. The maximum Gasteiger partial charge on any atom is 0.191 e. The summed E-state index contributed by atoms with van der Waals surface area (Å²) in [5.74, 6) is -0.646. The van der Waals surface area contributed by atoms with Crippen LogP contribution in [0.1, 0.15) is 13.8 Å². The molecule has 2 rings (SSSR count). The summed E-state index contributed by atoms with van der Waals surface area (Å²) in [6.45, 7) is 5.46. The first-order chi connectivity index (χ1) is 7.60. The summed E-state index contributed by atoms with van der Waals surface area (Å²) >= 11 is 0. The molecule has 2 saturated heterocycles. The van der Waals surface area contributed by atoms with E-state index in [-0.39, 0.29) is 30.8 Å². The van der Waals surface area contributed by atoms with E-state index >= 15 is 0 Å². The molecule has 0 aromatic carbocycles. The number of aliphatic hydroxyl groups excluding tert-OH is 1. The van der Waals surface area contributed by atoms with E-state index in [4.69, 9.17) is 14.2 Å². The molecule has 5 nitrogen and oxygen atoms in total. The smallest absolute Gasteiger partial charge is 0.191 e. The van der Waals surface area contributed by atoms with E-state index < -0.39 is 5.79 Å². The Kier molecular flexibility index (Phi) is 3.51. The SMILES string of the molecule is COC1(C)OC2C(CO)CNCC2OC1C. The van der Waals surface area contributed by atoms with Crippen LogP contribution in [0.15, 0.2) is 0 Å². The fraction of sp³-hybridized carbons (Fsp3) is 1.00. The molecule has 2 N–H and O–H groups in total. The molecule has 94 valence electrons. The third-order valence-electron chi connectivity index (χ3n) is 3.71. The molecular weight excluding hydrogens is 210 g/mol. The number of hydrogen-bond acceptors (Lipinski definition) is 5. The van der Waals surface area contributed by atoms with Crippen LogP contribution in [0.5, 0.6) is 0 Å². The van der Waals surface area contributed by atoms with Crippen molar-refractivity contribution in [1.82, 2.24) is 5.32 Å². The van der Waals surface area contributed by atoms with E-state index in [1.807, 2.05) is 13.8 Å². The number of aliphatic hydroxyl groups is 1. The second-order valence-electron chi connectivity index (χ2n) is 4.72. The monoisotopic (exact) mass is 231 g/mol. The van der Waals surface area contributed by atoms with Crippen molar-refractivity contribution in [2.75, 3.05) is 26.8 Å². The van der Waals surface area contributed by atoms with Crippen molar-refractivity contribution in [3.8, 4) is 0 Å². The van der Waals surface area contributed by atoms with Gasteiger partial charge in [0, 0.05) is 32.7 Å². The van der Waals surface area contributed by atoms with Crippen molar-refractivity contribution in [2.24, 2.45) is 5.92 Å². The van der Waals surface area contributed by atoms with Gasteiger partial charge in [-0.2, -0.15) is 0 Å². The van der Waals surface area contributed by atoms with Crippen LogP contribution in [0.25, 0.3) is 0 Å². The van der Waals surface area contributed by atoms with Crippen molar-refractivity contribution in [1.29, 1.82) is 0 Å². The number of hydrogen-bond donors (Lipinski definition) is 2. The van der Waals surface area contributed by atoms with Gasteiger partial charge >= 0.3 is 0 Å². The van der Waals surface area contributed by atoms with Crippen molar-refractivity contribution in [3.05, 3.63) is 0 Å². The normalized spacial score (nSPS) is 48.8. The first-order valence-corrected chi connectivity index (χ1v) is 5.80. The molecule has 5 heteroatoms. The molecule has 2 fully saturated rings. The summed E-state index contributed by atoms with van der Waals surface area (Å²) < 4.78 is 17.3. The molecule has 0 amide bonds. The molecule has 0 aliphatic carbocycles. The maximum absolute atomic E-state index is 9.32. The number of fused-ring (bicyclic) bond motifs is 1. The minimum atomic E-state index is -0.716. The lowest BCUT2D eigenvalue weighted by Gasteiger charge is -2.50. The van der Waals surface area contributed by atoms with Crippen LogP contribution in [0.2, 0.25) is 0 Å². The van der Waals surface area contributed by atoms with Gasteiger partial charge < -0.3 is 24.6 Å². The standard InChI is InChI=1S/C11H21NO4/c1-7-11(2,14-3)16-10-8(6-13)4-12-5-9(10)15-7/h7-10,12-13H,4-6H2,1-3H3. The Morgan fingerprint density at radius 1 is 1.50 bits per heavy atom. The van der Waals surface area contributed by atoms with Gasteiger partial charge in [0.15, 0.2) is 5.79 Å². The quantitative estimate of drug-likeness (QED) is 0.685. The van der Waals surface area contributed by atoms with E-state index in [1.54, 1.807) is 7.11 Å². The largest absolute Gasteiger partial charge is 0.396 e. The van der Waals surface area contributed by atoms with Crippen molar-refractivity contribution in [3.63, 3.8) is 0 Å². The Morgan fingerprint density at radius 2 is 2.25 bits per heavy atom. The number of rotatable bonds is 2. The molecular formula is C11H21NO4. The molecule has 0 radical (unpaired) electrons. The molecule has 0 bridgehead atoms. The van der Waals surface area contributed by atoms with Crippen molar-refractivity contribution in [2.45, 2.75) is 37.9 Å². The van der Waals surface area contributed by atoms with Crippen molar-refractivity contribution >= 4 is 0 Å². The van der Waals surface area contributed by atoms with Crippen LogP contribution in [0.3, 0.4) is 0 Å². The van der Waals surface area contributed by atoms with Gasteiger partial charge in [-0.25, -0.2) is 0 Å². The van der Waals surface area contributed by atoms with Gasteiger partial charge in [-0.05, 0) is 13.8 Å². The summed E-state index contributed by atoms with van der Waals surface area (Å²) in [4.78, 5) is 0. The Bertz CT molecular complexity index is 250. The predicted molar refractivity (Wildman–Crippen MR) is 58.1 cm³/mol. The molecule has 2 aliphatic rings. The van der Waals surface area contributed by atoms with Gasteiger partial charge in [-0.1, -0.05) is 0 Å². The molecule has 0 aromatic rings. The third-order valence-corrected chi connectivity index (χ3v) is 3.71. The summed E-state index contributed by atoms with van der Waals surface area (Å²) in [5.41, 5.74) is 0. The summed E-state index contributed by atoms with van der Waals surface area (Å²) in [5, 5.41) is 12.6. The highest BCUT2D eigenvalue weighted by molar-refractivity contribution is 4.93. The molecule has 5 atom stereocenters. The molecule has 0 saturated carbocycles. The molecule has 5 unspecified atom stereocenters. The van der Waals surface area contributed by atoms with Crippen LogP contribution >= 0.6 is 0 Å². The number of piperidine rings is 1. The zero-order valence-corrected chi connectivity index (χ0v) is 10.1. The van der Waals surface area contributed by atoms with Gasteiger partial charge in [0.05, 0.1) is 12.2 Å². The average Bonchev–Trinajstić information content (AvgIpc) is 2.30. The van der Waals surface area contributed by atoms with Crippen LogP contribution < -0.4 is 5.32 Å². The van der Waals surface area contributed by atoms with E-state index in [2.05, 4.69) is 5.32 Å². The Labute approximate surface area is 96.1 Å². The van der Waals surface area contributed by atoms with Gasteiger partial charge in [0.1, 0.15) is 6.10 Å². The Morgan fingerprint density at radius 3 is 2.88 bits per heavy atom. The topological polar surface area (TPSA) is 60.0 Å². The Balaban J connectivity index is 2.13. The van der Waals surface area contributed by atoms with E-state index in [0.29, 0.717) is 0 Å². The lowest BCUT2D eigenvalue weighted by Crippen LogP contribution is -2.64. The van der Waals surface area contributed by atoms with Gasteiger partial charge in [-0.15, -0.1) is 0 Å². The predicted octanol–water partition coefficient (Wildman–Crippen LogP) is -0.267. The first kappa shape index (κ1) is 12.3. The zero-order valence-electron chi connectivity index (χ0n) is 10.1. The van der Waals surface area contributed by atoms with Crippen LogP contribution in [0, 0.1) is 5.92 Å². The summed E-state index contributed by atoms with van der Waals surface area (Å²) in [7, 11) is 1.62. The molecule has 2 heterocycles. The second-order valence-corrected chi connectivity index (χ2v) is 4.72. The highest BCUT2D eigenvalue weighted by Gasteiger charge is 2.48. The second kappa shape index (κ2) is 4.58. The van der Waals surface area contributed by atoms with Crippen LogP contribution in [-0.2, 0) is 14.2 Å². The van der Waals surface area contributed by atoms with Gasteiger partial charge in [0.2, 0.25) is 0 Å². The number of nitrogens with one attached hydrogen (secondary N) is 1. The van der Waals surface area contributed by atoms with E-state index in [9.17, 15) is 5.11 Å². The number of ether oxygens (including phenoxy) is 3. The summed E-state index contributed by atoms with van der Waals surface area (Å²) in [6, 6.07) is 0. The zero-order chi connectivity index (χ0) is 11.8. The summed E-state index contributed by atoms with van der Waals surface area (Å²) in [6.07, 6.45) is -0.200. The Hall–Kier alpha value is -0.200. The minimum absolute atomic E-state index is 0.00382. The van der Waals surface area contributed by atoms with Crippen LogP contribution in [0.4, 0.5) is 0 Å². The number of methoxy groups -OCH3 is 1. The van der Waals surface area contributed by atoms with Crippen molar-refractivity contribution < 1.29 is 19.3 Å². The molecule has 16 heavy (non-hydrogen) atoms. The molecule has 0 spiro atoms. The van der Waals surface area contributed by atoms with Crippen LogP contribution in [-0.4, -0.2) is 56.0 Å². The first-order valence-electron chi connectivity index (χ1n) is 5.80. The van der Waals surface area contributed by atoms with E-state index in [1.165, 1.54) is 0 Å². The highest BCUT2D eigenvalue weighted by atomic mass is 16.7. The van der Waals surface area contributed by atoms with Gasteiger partial charge in [-0.3, -0.25) is 0 Å². The third kappa shape index (κ3) is 1.98. The molecule has 2 aliphatic heterocycles. The lowest BCUT2D eigenvalue weighted by molar-refractivity contribution is -0.358. The minimum Gasteiger partial charge on any atom is -0.396 e. The van der Waals surface area contributed by atoms with Gasteiger partial charge in [0.25, 0.3) is 0 Å².